The molecule has 234 valence electrons. The van der Waals surface area contributed by atoms with Crippen LogP contribution in [0.2, 0.25) is 0 Å². The Kier molecular flexibility index (Phi) is 8.44. The van der Waals surface area contributed by atoms with Gasteiger partial charge in [-0.3, -0.25) is 14.2 Å². The number of benzene rings is 1. The predicted molar refractivity (Wildman–Crippen MR) is 166 cm³/mol. The first kappa shape index (κ1) is 30.2. The summed E-state index contributed by atoms with van der Waals surface area (Å²) in [6.07, 6.45) is 5.69. The second-order valence-corrected chi connectivity index (χ2v) is 12.8. The predicted octanol–water partition coefficient (Wildman–Crippen LogP) is 3.42. The number of carbonyl (C=O) groups excluding carboxylic acids is 1. The zero-order valence-electron chi connectivity index (χ0n) is 25.5. The number of para-hydroxylation sites is 1. The third-order valence-electron chi connectivity index (χ3n) is 8.62. The van der Waals surface area contributed by atoms with Crippen molar-refractivity contribution in [3.8, 4) is 10.8 Å². The lowest BCUT2D eigenvalue weighted by Gasteiger charge is -2.32. The van der Waals surface area contributed by atoms with Crippen LogP contribution in [-0.4, -0.2) is 74.5 Å². The van der Waals surface area contributed by atoms with Crippen LogP contribution in [0.15, 0.2) is 46.2 Å². The molecule has 2 aliphatic rings. The van der Waals surface area contributed by atoms with Crippen molar-refractivity contribution in [1.82, 2.24) is 29.0 Å². The topological polar surface area (TPSA) is 123 Å². The molecular weight excluding hydrogens is 584 g/mol. The van der Waals surface area contributed by atoms with Gasteiger partial charge in [-0.25, -0.2) is 9.36 Å². The molecule has 2 aliphatic heterocycles. The van der Waals surface area contributed by atoms with Crippen LogP contribution in [0, 0.1) is 6.92 Å². The highest BCUT2D eigenvalue weighted by molar-refractivity contribution is 7.21. The Hall–Kier alpha value is -3.81. The second kappa shape index (κ2) is 12.3. The van der Waals surface area contributed by atoms with Gasteiger partial charge in [-0.05, 0) is 52.5 Å². The Morgan fingerprint density at radius 3 is 2.48 bits per heavy atom. The normalized spacial score (nSPS) is 17.0. The third kappa shape index (κ3) is 5.37. The summed E-state index contributed by atoms with van der Waals surface area (Å²) in [4.78, 5) is 46.4. The Morgan fingerprint density at radius 2 is 1.80 bits per heavy atom. The molecule has 5 heterocycles. The van der Waals surface area contributed by atoms with E-state index in [1.54, 1.807) is 42.8 Å². The van der Waals surface area contributed by atoms with E-state index < -0.39 is 22.9 Å². The van der Waals surface area contributed by atoms with E-state index in [-0.39, 0.29) is 18.6 Å². The lowest BCUT2D eigenvalue weighted by atomic mass is 10.0. The first-order valence-electron chi connectivity index (χ1n) is 15.0. The summed E-state index contributed by atoms with van der Waals surface area (Å²) >= 11 is 1.27. The van der Waals surface area contributed by atoms with Crippen LogP contribution in [0.25, 0.3) is 15.2 Å². The van der Waals surface area contributed by atoms with E-state index in [2.05, 4.69) is 10.2 Å². The smallest absolute Gasteiger partial charge is 0.333 e. The summed E-state index contributed by atoms with van der Waals surface area (Å²) in [6.45, 7) is 7.62. The largest absolute Gasteiger partial charge is 0.496 e. The van der Waals surface area contributed by atoms with Crippen molar-refractivity contribution >= 4 is 27.5 Å². The molecule has 0 spiro atoms. The van der Waals surface area contributed by atoms with Crippen LogP contribution < -0.4 is 16.0 Å². The Bertz CT molecular complexity index is 1760. The minimum absolute atomic E-state index is 0.0853. The molecule has 0 unspecified atom stereocenters. The lowest BCUT2D eigenvalue weighted by molar-refractivity contribution is -0.138. The number of methoxy groups -OCH3 is 1. The van der Waals surface area contributed by atoms with Crippen LogP contribution in [0.1, 0.15) is 56.8 Å². The Morgan fingerprint density at radius 1 is 1.11 bits per heavy atom. The molecule has 13 heteroatoms. The first-order valence-corrected chi connectivity index (χ1v) is 15.9. The van der Waals surface area contributed by atoms with Crippen LogP contribution in [0.5, 0.6) is 5.75 Å². The lowest BCUT2D eigenvalue weighted by Crippen LogP contribution is -2.56. The summed E-state index contributed by atoms with van der Waals surface area (Å²) < 4.78 is 20.7. The average Bonchev–Trinajstić information content (AvgIpc) is 3.81. The summed E-state index contributed by atoms with van der Waals surface area (Å²) in [5, 5.41) is 9.56. The number of ether oxygens (including phenoxy) is 3. The standard InChI is InChI=1S/C31H38N6O6S/c1-20-25-26(38)36(31(2,3)29(39)34-15-7-8-16-34)30(40)35(28(25)44-27(20)37-32-13-14-33-37)19-24(43-21-11-17-42-18-12-21)22-9-5-6-10-23(22)41-4/h5-6,9-10,13-14,21,24H,7-8,11-12,15-19H2,1-4H3/t24-/m0/s1. The number of amides is 1. The van der Waals surface area contributed by atoms with E-state index in [1.165, 1.54) is 16.1 Å². The van der Waals surface area contributed by atoms with Gasteiger partial charge < -0.3 is 19.1 Å². The van der Waals surface area contributed by atoms with Crippen molar-refractivity contribution in [2.45, 2.75) is 70.7 Å². The van der Waals surface area contributed by atoms with Gasteiger partial charge in [0.2, 0.25) is 5.91 Å². The molecule has 1 amide bonds. The summed E-state index contributed by atoms with van der Waals surface area (Å²) in [6, 6.07) is 7.59. The van der Waals surface area contributed by atoms with Gasteiger partial charge in [0, 0.05) is 37.4 Å². The maximum absolute atomic E-state index is 14.6. The van der Waals surface area contributed by atoms with Gasteiger partial charge in [-0.1, -0.05) is 29.5 Å². The number of fused-ring (bicyclic) bond motifs is 1. The van der Waals surface area contributed by atoms with Crippen molar-refractivity contribution < 1.29 is 19.0 Å². The molecule has 12 nitrogen and oxygen atoms in total. The summed E-state index contributed by atoms with van der Waals surface area (Å²) in [5.41, 5.74) is -1.08. The zero-order chi connectivity index (χ0) is 31.0. The maximum atomic E-state index is 14.6. The highest BCUT2D eigenvalue weighted by Crippen LogP contribution is 2.35. The molecule has 0 radical (unpaired) electrons. The molecule has 1 atom stereocenters. The molecule has 3 aromatic heterocycles. The number of aryl methyl sites for hydroxylation is 1. The van der Waals surface area contributed by atoms with Crippen LogP contribution in [0.3, 0.4) is 0 Å². The first-order chi connectivity index (χ1) is 21.2. The average molecular weight is 623 g/mol. The number of likely N-dealkylation sites (tertiary alicyclic amines) is 1. The molecule has 4 aromatic rings. The van der Waals surface area contributed by atoms with E-state index in [0.717, 1.165) is 35.8 Å². The molecule has 0 aliphatic carbocycles. The van der Waals surface area contributed by atoms with Crippen molar-refractivity contribution in [2.24, 2.45) is 0 Å². The minimum Gasteiger partial charge on any atom is -0.496 e. The molecular formula is C31H38N6O6S. The number of carbonyl (C=O) groups is 1. The highest BCUT2D eigenvalue weighted by atomic mass is 32.1. The van der Waals surface area contributed by atoms with E-state index >= 15 is 0 Å². The van der Waals surface area contributed by atoms with Gasteiger partial charge in [0.05, 0.1) is 37.5 Å². The fourth-order valence-corrected chi connectivity index (χ4v) is 7.48. The van der Waals surface area contributed by atoms with Crippen molar-refractivity contribution in [2.75, 3.05) is 33.4 Å². The van der Waals surface area contributed by atoms with Crippen molar-refractivity contribution in [3.63, 3.8) is 0 Å². The number of thiophene rings is 1. The number of hydrogen-bond donors (Lipinski definition) is 0. The van der Waals surface area contributed by atoms with Gasteiger partial charge in [-0.15, -0.1) is 4.80 Å². The van der Waals surface area contributed by atoms with Gasteiger partial charge in [0.15, 0.2) is 0 Å². The van der Waals surface area contributed by atoms with E-state index in [9.17, 15) is 14.4 Å². The fraction of sp³-hybridized carbons (Fsp3) is 0.516. The van der Waals surface area contributed by atoms with Crippen molar-refractivity contribution in [1.29, 1.82) is 0 Å². The molecule has 2 fully saturated rings. The summed E-state index contributed by atoms with van der Waals surface area (Å²) in [5.74, 6) is 0.386. The van der Waals surface area contributed by atoms with Gasteiger partial charge >= 0.3 is 5.69 Å². The minimum atomic E-state index is -1.42. The molecule has 1 aromatic carbocycles. The SMILES string of the molecule is COc1ccccc1[C@H](Cn1c(=O)n(C(C)(C)C(=O)N2CCCC2)c(=O)c2c(C)c(-n3nccn3)sc21)OC1CCOCC1. The fourth-order valence-electron chi connectivity index (χ4n) is 6.26. The number of nitrogens with zero attached hydrogens (tertiary/aromatic N) is 6. The molecule has 0 saturated carbocycles. The van der Waals surface area contributed by atoms with Crippen molar-refractivity contribution in [3.05, 3.63) is 68.6 Å². The zero-order valence-corrected chi connectivity index (χ0v) is 26.3. The monoisotopic (exact) mass is 622 g/mol. The maximum Gasteiger partial charge on any atom is 0.333 e. The second-order valence-electron chi connectivity index (χ2n) is 11.8. The number of aromatic nitrogens is 5. The van der Waals surface area contributed by atoms with E-state index in [0.29, 0.717) is 52.8 Å². The van der Waals surface area contributed by atoms with E-state index in [4.69, 9.17) is 14.2 Å². The molecule has 6 rings (SSSR count). The van der Waals surface area contributed by atoms with E-state index in [1.807, 2.05) is 31.2 Å². The molecule has 0 bridgehead atoms. The summed E-state index contributed by atoms with van der Waals surface area (Å²) in [7, 11) is 1.60. The van der Waals surface area contributed by atoms with Crippen LogP contribution in [0.4, 0.5) is 0 Å². The van der Waals surface area contributed by atoms with Crippen LogP contribution >= 0.6 is 11.3 Å². The van der Waals surface area contributed by atoms with Gasteiger partial charge in [-0.2, -0.15) is 10.2 Å². The highest BCUT2D eigenvalue weighted by Gasteiger charge is 2.39. The van der Waals surface area contributed by atoms with Gasteiger partial charge in [0.25, 0.3) is 5.56 Å². The van der Waals surface area contributed by atoms with Crippen LogP contribution in [-0.2, 0) is 26.4 Å². The Balaban J connectivity index is 1.56. The number of hydrogen-bond acceptors (Lipinski definition) is 9. The quantitative estimate of drug-likeness (QED) is 0.278. The molecule has 0 N–H and O–H groups in total. The molecule has 44 heavy (non-hydrogen) atoms. The Labute approximate surface area is 258 Å². The number of rotatable bonds is 9. The third-order valence-corrected chi connectivity index (χ3v) is 9.90. The van der Waals surface area contributed by atoms with Gasteiger partial charge in [0.1, 0.15) is 27.2 Å². The molecule has 2 saturated heterocycles.